The highest BCUT2D eigenvalue weighted by Gasteiger charge is 2.12. The van der Waals surface area contributed by atoms with E-state index in [-0.39, 0.29) is 17.7 Å². The lowest BCUT2D eigenvalue weighted by atomic mass is 10.4. The highest BCUT2D eigenvalue weighted by atomic mass is 15.5. The summed E-state index contributed by atoms with van der Waals surface area (Å²) in [5, 5.41) is 7.61. The zero-order valence-electron chi connectivity index (χ0n) is 8.57. The van der Waals surface area contributed by atoms with Crippen LogP contribution in [0.25, 0.3) is 0 Å². The fraction of sp³-hybridized carbons (Fsp3) is 0.750. The van der Waals surface area contributed by atoms with Crippen LogP contribution in [0.3, 0.4) is 0 Å². The maximum atomic E-state index is 7.61. The van der Waals surface area contributed by atoms with Crippen LogP contribution < -0.4 is 11.4 Å². The van der Waals surface area contributed by atoms with E-state index in [0.29, 0.717) is 5.95 Å². The van der Waals surface area contributed by atoms with Crippen molar-refractivity contribution in [2.45, 2.75) is 39.8 Å². The number of nitrogens with zero attached hydrogens (tertiary/aromatic N) is 3. The molecule has 0 aliphatic heterocycles. The van der Waals surface area contributed by atoms with Crippen molar-refractivity contribution in [2.75, 3.05) is 5.73 Å². The van der Waals surface area contributed by atoms with E-state index in [0.717, 1.165) is 0 Å². The van der Waals surface area contributed by atoms with Crippen molar-refractivity contribution in [2.24, 2.45) is 0 Å². The molecule has 0 radical (unpaired) electrons. The van der Waals surface area contributed by atoms with E-state index in [2.05, 4.69) is 4.98 Å². The van der Waals surface area contributed by atoms with E-state index in [9.17, 15) is 0 Å². The molecular weight excluding hydrogens is 166 g/mol. The fourth-order valence-corrected chi connectivity index (χ4v) is 1.43. The van der Waals surface area contributed by atoms with Crippen LogP contribution in [0.4, 0.5) is 5.95 Å². The van der Waals surface area contributed by atoms with Crippen molar-refractivity contribution in [1.29, 1.82) is 5.41 Å². The van der Waals surface area contributed by atoms with E-state index in [1.165, 1.54) is 0 Å². The largest absolute Gasteiger partial charge is 0.368 e. The molecule has 1 aromatic heterocycles. The highest BCUT2D eigenvalue weighted by molar-refractivity contribution is 5.14. The van der Waals surface area contributed by atoms with Gasteiger partial charge in [0.25, 0.3) is 0 Å². The lowest BCUT2D eigenvalue weighted by Crippen LogP contribution is -2.27. The monoisotopic (exact) mass is 183 g/mol. The van der Waals surface area contributed by atoms with Gasteiger partial charge in [-0.2, -0.15) is 4.98 Å². The van der Waals surface area contributed by atoms with Gasteiger partial charge in [0.15, 0.2) is 0 Å². The molecule has 0 fully saturated rings. The van der Waals surface area contributed by atoms with Crippen LogP contribution in [-0.2, 0) is 0 Å². The van der Waals surface area contributed by atoms with Crippen molar-refractivity contribution < 1.29 is 0 Å². The summed E-state index contributed by atoms with van der Waals surface area (Å²) in [6.07, 6.45) is 0. The van der Waals surface area contributed by atoms with Crippen LogP contribution >= 0.6 is 0 Å². The lowest BCUT2D eigenvalue weighted by molar-refractivity contribution is 0.365. The van der Waals surface area contributed by atoms with Gasteiger partial charge in [0.2, 0.25) is 11.6 Å². The van der Waals surface area contributed by atoms with E-state index in [1.54, 1.807) is 4.68 Å². The van der Waals surface area contributed by atoms with Gasteiger partial charge in [-0.05, 0) is 27.7 Å². The molecule has 0 spiro atoms. The van der Waals surface area contributed by atoms with Crippen molar-refractivity contribution in [3.05, 3.63) is 5.62 Å². The molecule has 0 bridgehead atoms. The summed E-state index contributed by atoms with van der Waals surface area (Å²) < 4.78 is 3.63. The van der Waals surface area contributed by atoms with E-state index < -0.39 is 0 Å². The predicted octanol–water partition coefficient (Wildman–Crippen LogP) is 0.908. The zero-order chi connectivity index (χ0) is 10.2. The second-order valence-electron chi connectivity index (χ2n) is 3.67. The highest BCUT2D eigenvalue weighted by Crippen LogP contribution is 2.11. The van der Waals surface area contributed by atoms with E-state index in [1.807, 2.05) is 32.4 Å². The second kappa shape index (κ2) is 3.24. The van der Waals surface area contributed by atoms with E-state index >= 15 is 0 Å². The van der Waals surface area contributed by atoms with Crippen LogP contribution in [0.5, 0.6) is 0 Å². The average Bonchev–Trinajstić information content (AvgIpc) is 2.24. The van der Waals surface area contributed by atoms with Crippen LogP contribution in [-0.4, -0.2) is 14.3 Å². The first-order valence-electron chi connectivity index (χ1n) is 4.46. The molecule has 0 saturated heterocycles. The summed E-state index contributed by atoms with van der Waals surface area (Å²) in [6, 6.07) is 0.439. The van der Waals surface area contributed by atoms with Crippen molar-refractivity contribution in [3.63, 3.8) is 0 Å². The number of hydrogen-bond donors (Lipinski definition) is 2. The molecule has 5 nitrogen and oxygen atoms in total. The van der Waals surface area contributed by atoms with Crippen LogP contribution in [0.1, 0.15) is 39.8 Å². The van der Waals surface area contributed by atoms with Crippen molar-refractivity contribution >= 4 is 5.95 Å². The Morgan fingerprint density at radius 2 is 1.62 bits per heavy atom. The van der Waals surface area contributed by atoms with Gasteiger partial charge in [0.05, 0.1) is 0 Å². The molecule has 0 saturated carbocycles. The third-order valence-electron chi connectivity index (χ3n) is 1.88. The molecular formula is C8H17N5. The zero-order valence-corrected chi connectivity index (χ0v) is 8.57. The maximum absolute atomic E-state index is 7.61. The Kier molecular flexibility index (Phi) is 2.45. The second-order valence-corrected chi connectivity index (χ2v) is 3.67. The molecule has 0 amide bonds. The molecule has 5 heteroatoms. The Morgan fingerprint density at radius 3 is 1.92 bits per heavy atom. The van der Waals surface area contributed by atoms with Gasteiger partial charge in [0.1, 0.15) is 0 Å². The summed E-state index contributed by atoms with van der Waals surface area (Å²) in [7, 11) is 0. The van der Waals surface area contributed by atoms with Gasteiger partial charge in [-0.25, -0.2) is 9.36 Å². The lowest BCUT2D eigenvalue weighted by Gasteiger charge is -2.18. The number of nitrogens with two attached hydrogens (primary N) is 1. The summed E-state index contributed by atoms with van der Waals surface area (Å²) in [5.74, 6) is 0.411. The maximum Gasteiger partial charge on any atom is 0.240 e. The number of nitrogens with one attached hydrogen (secondary N) is 1. The predicted molar refractivity (Wildman–Crippen MR) is 51.3 cm³/mol. The first-order valence-corrected chi connectivity index (χ1v) is 4.46. The molecule has 74 valence electrons. The van der Waals surface area contributed by atoms with Crippen molar-refractivity contribution in [1.82, 2.24) is 14.3 Å². The van der Waals surface area contributed by atoms with Crippen LogP contribution in [0.15, 0.2) is 0 Å². The Bertz CT molecular complexity index is 344. The molecule has 3 N–H and O–H groups in total. The molecule has 1 aromatic rings. The SMILES string of the molecule is CC(C)n1c(N)nc(=N)n1C(C)C. The van der Waals surface area contributed by atoms with Crippen LogP contribution in [0.2, 0.25) is 0 Å². The normalized spacial score (nSPS) is 11.5. The molecule has 0 atom stereocenters. The Hall–Kier alpha value is -1.26. The number of rotatable bonds is 2. The van der Waals surface area contributed by atoms with E-state index in [4.69, 9.17) is 11.1 Å². The van der Waals surface area contributed by atoms with Gasteiger partial charge in [-0.15, -0.1) is 0 Å². The standard InChI is InChI=1S/C8H17N5/c1-5(2)12-7(9)11-8(10)13(12)6(3)4/h5-6H,1-4H3,(H3,9,10,11). The molecule has 13 heavy (non-hydrogen) atoms. The molecule has 1 heterocycles. The molecule has 0 aliphatic carbocycles. The Balaban J connectivity index is 3.38. The number of hydrogen-bond acceptors (Lipinski definition) is 3. The summed E-state index contributed by atoms with van der Waals surface area (Å²) in [6.45, 7) is 8.07. The topological polar surface area (TPSA) is 72.6 Å². The van der Waals surface area contributed by atoms with Crippen molar-refractivity contribution in [3.8, 4) is 0 Å². The molecule has 0 aromatic carbocycles. The smallest absolute Gasteiger partial charge is 0.240 e. The third-order valence-corrected chi connectivity index (χ3v) is 1.88. The number of anilines is 1. The Labute approximate surface area is 77.7 Å². The first kappa shape index (κ1) is 9.83. The Morgan fingerprint density at radius 1 is 1.15 bits per heavy atom. The van der Waals surface area contributed by atoms with Gasteiger partial charge < -0.3 is 5.73 Å². The van der Waals surface area contributed by atoms with Gasteiger partial charge >= 0.3 is 0 Å². The first-order chi connectivity index (χ1) is 5.95. The quantitative estimate of drug-likeness (QED) is 0.715. The number of aromatic nitrogens is 3. The minimum Gasteiger partial charge on any atom is -0.368 e. The van der Waals surface area contributed by atoms with Gasteiger partial charge in [0, 0.05) is 12.1 Å². The fourth-order valence-electron chi connectivity index (χ4n) is 1.43. The average molecular weight is 183 g/mol. The van der Waals surface area contributed by atoms with Gasteiger partial charge in [-0.1, -0.05) is 0 Å². The summed E-state index contributed by atoms with van der Waals surface area (Å²) >= 11 is 0. The van der Waals surface area contributed by atoms with Crippen LogP contribution in [0, 0.1) is 5.41 Å². The summed E-state index contributed by atoms with van der Waals surface area (Å²) in [5.41, 5.74) is 5.92. The molecule has 1 rings (SSSR count). The minimum absolute atomic E-state index is 0.208. The summed E-state index contributed by atoms with van der Waals surface area (Å²) in [4.78, 5) is 3.92. The van der Waals surface area contributed by atoms with Gasteiger partial charge in [-0.3, -0.25) is 5.41 Å². The third kappa shape index (κ3) is 1.59. The molecule has 0 unspecified atom stereocenters. The minimum atomic E-state index is 0.208. The molecule has 0 aliphatic rings. The number of nitrogen functional groups attached to an aromatic ring is 1.